The summed E-state index contributed by atoms with van der Waals surface area (Å²) in [6.07, 6.45) is 0.671. The Morgan fingerprint density at radius 1 is 1.41 bits per heavy atom. The van der Waals surface area contributed by atoms with Gasteiger partial charge in [-0.05, 0) is 25.1 Å². The lowest BCUT2D eigenvalue weighted by molar-refractivity contribution is -0.0269. The van der Waals surface area contributed by atoms with E-state index < -0.39 is 0 Å². The monoisotopic (exact) mass is 307 g/mol. The van der Waals surface area contributed by atoms with Crippen LogP contribution in [0, 0.1) is 0 Å². The van der Waals surface area contributed by atoms with Crippen LogP contribution in [0.25, 0.3) is 0 Å². The van der Waals surface area contributed by atoms with Gasteiger partial charge in [0.05, 0.1) is 19.3 Å². The Balaban J connectivity index is 1.70. The Hall–Kier alpha value is -1.63. The number of rotatable bonds is 7. The summed E-state index contributed by atoms with van der Waals surface area (Å²) in [6.45, 7) is 4.25. The first-order valence-corrected chi connectivity index (χ1v) is 7.77. The van der Waals surface area contributed by atoms with Crippen LogP contribution in [0.2, 0.25) is 0 Å². The fourth-order valence-electron chi connectivity index (χ4n) is 2.31. The molecule has 1 aliphatic heterocycles. The van der Waals surface area contributed by atoms with E-state index in [9.17, 15) is 4.79 Å². The lowest BCUT2D eigenvalue weighted by Crippen LogP contribution is -2.49. The SMILES string of the molecule is NCCCNCC1CN(C(=O)OCc2ccccc2)CCO1. The highest BCUT2D eigenvalue weighted by Gasteiger charge is 2.24. The second-order valence-electron chi connectivity index (χ2n) is 5.33. The van der Waals surface area contributed by atoms with Gasteiger partial charge in [0.25, 0.3) is 0 Å². The number of nitrogens with two attached hydrogens (primary N) is 1. The third-order valence-corrected chi connectivity index (χ3v) is 3.53. The van der Waals surface area contributed by atoms with Gasteiger partial charge in [-0.3, -0.25) is 0 Å². The minimum Gasteiger partial charge on any atom is -0.445 e. The van der Waals surface area contributed by atoms with Crippen molar-refractivity contribution in [3.05, 3.63) is 35.9 Å². The first-order chi connectivity index (χ1) is 10.8. The van der Waals surface area contributed by atoms with Crippen molar-refractivity contribution in [3.63, 3.8) is 0 Å². The number of morpholine rings is 1. The van der Waals surface area contributed by atoms with E-state index in [1.807, 2.05) is 30.3 Å². The number of carbonyl (C=O) groups is 1. The summed E-state index contributed by atoms with van der Waals surface area (Å²) in [5, 5.41) is 3.29. The number of nitrogens with zero attached hydrogens (tertiary/aromatic N) is 1. The molecule has 0 aromatic heterocycles. The van der Waals surface area contributed by atoms with E-state index in [-0.39, 0.29) is 12.2 Å². The van der Waals surface area contributed by atoms with E-state index >= 15 is 0 Å². The van der Waals surface area contributed by atoms with Crippen LogP contribution in [0.3, 0.4) is 0 Å². The Morgan fingerprint density at radius 2 is 2.23 bits per heavy atom. The molecular weight excluding hydrogens is 282 g/mol. The summed E-state index contributed by atoms with van der Waals surface area (Å²) in [6, 6.07) is 9.69. The maximum absolute atomic E-state index is 12.1. The zero-order chi connectivity index (χ0) is 15.6. The molecule has 1 amide bonds. The zero-order valence-corrected chi connectivity index (χ0v) is 12.9. The predicted molar refractivity (Wildman–Crippen MR) is 84.5 cm³/mol. The summed E-state index contributed by atoms with van der Waals surface area (Å²) < 4.78 is 11.0. The Bertz CT molecular complexity index is 442. The van der Waals surface area contributed by atoms with E-state index in [4.69, 9.17) is 15.2 Å². The average Bonchev–Trinajstić information content (AvgIpc) is 2.58. The fourth-order valence-corrected chi connectivity index (χ4v) is 2.31. The van der Waals surface area contributed by atoms with Gasteiger partial charge in [0.1, 0.15) is 6.61 Å². The lowest BCUT2D eigenvalue weighted by atomic mass is 10.2. The fraction of sp³-hybridized carbons (Fsp3) is 0.562. The zero-order valence-electron chi connectivity index (χ0n) is 12.9. The van der Waals surface area contributed by atoms with E-state index in [2.05, 4.69) is 5.32 Å². The van der Waals surface area contributed by atoms with Crippen molar-refractivity contribution in [1.82, 2.24) is 10.2 Å². The predicted octanol–water partition coefficient (Wildman–Crippen LogP) is 0.962. The first kappa shape index (κ1) is 16.7. The van der Waals surface area contributed by atoms with Gasteiger partial charge in [0, 0.05) is 13.1 Å². The molecule has 6 nitrogen and oxygen atoms in total. The van der Waals surface area contributed by atoms with Gasteiger partial charge in [-0.15, -0.1) is 0 Å². The minimum absolute atomic E-state index is 0.01000. The van der Waals surface area contributed by atoms with Gasteiger partial charge in [0.15, 0.2) is 0 Å². The average molecular weight is 307 g/mol. The summed E-state index contributed by atoms with van der Waals surface area (Å²) >= 11 is 0. The van der Waals surface area contributed by atoms with Gasteiger partial charge in [0.2, 0.25) is 0 Å². The molecule has 1 aromatic rings. The maximum Gasteiger partial charge on any atom is 0.410 e. The van der Waals surface area contributed by atoms with Crippen molar-refractivity contribution in [2.45, 2.75) is 19.1 Å². The van der Waals surface area contributed by atoms with E-state index in [0.29, 0.717) is 32.8 Å². The molecule has 0 spiro atoms. The van der Waals surface area contributed by atoms with Crippen molar-refractivity contribution in [2.24, 2.45) is 5.73 Å². The molecule has 1 aromatic carbocycles. The van der Waals surface area contributed by atoms with Gasteiger partial charge < -0.3 is 25.4 Å². The van der Waals surface area contributed by atoms with Gasteiger partial charge in [-0.1, -0.05) is 30.3 Å². The second kappa shape index (κ2) is 9.40. The highest BCUT2D eigenvalue weighted by molar-refractivity contribution is 5.67. The third-order valence-electron chi connectivity index (χ3n) is 3.53. The molecule has 3 N–H and O–H groups in total. The van der Waals surface area contributed by atoms with Crippen molar-refractivity contribution in [2.75, 3.05) is 39.3 Å². The van der Waals surface area contributed by atoms with Crippen molar-refractivity contribution < 1.29 is 14.3 Å². The summed E-state index contributed by atoms with van der Waals surface area (Å²) in [4.78, 5) is 13.8. The number of hydrogen-bond donors (Lipinski definition) is 2. The molecular formula is C16H25N3O3. The number of hydrogen-bond acceptors (Lipinski definition) is 5. The number of amides is 1. The maximum atomic E-state index is 12.1. The molecule has 0 radical (unpaired) electrons. The molecule has 22 heavy (non-hydrogen) atoms. The van der Waals surface area contributed by atoms with Crippen LogP contribution in [0.15, 0.2) is 30.3 Å². The number of benzene rings is 1. The minimum atomic E-state index is -0.279. The molecule has 0 bridgehead atoms. The molecule has 0 aliphatic carbocycles. The van der Waals surface area contributed by atoms with Crippen molar-refractivity contribution >= 4 is 6.09 Å². The normalized spacial score (nSPS) is 18.2. The third kappa shape index (κ3) is 5.63. The Kier molecular flexibility index (Phi) is 7.15. The smallest absolute Gasteiger partial charge is 0.410 e. The van der Waals surface area contributed by atoms with Gasteiger partial charge in [-0.25, -0.2) is 4.79 Å². The molecule has 1 aliphatic rings. The lowest BCUT2D eigenvalue weighted by Gasteiger charge is -2.32. The highest BCUT2D eigenvalue weighted by atomic mass is 16.6. The Morgan fingerprint density at radius 3 is 3.00 bits per heavy atom. The second-order valence-corrected chi connectivity index (χ2v) is 5.33. The summed E-state index contributed by atoms with van der Waals surface area (Å²) in [5.41, 5.74) is 6.44. The van der Waals surface area contributed by atoms with Crippen LogP contribution in [-0.4, -0.2) is 56.4 Å². The van der Waals surface area contributed by atoms with Crippen LogP contribution in [0.1, 0.15) is 12.0 Å². The molecule has 1 unspecified atom stereocenters. The molecule has 0 saturated carbocycles. The summed E-state index contributed by atoms with van der Waals surface area (Å²) in [7, 11) is 0. The van der Waals surface area contributed by atoms with Crippen molar-refractivity contribution in [1.29, 1.82) is 0 Å². The number of nitrogens with one attached hydrogen (secondary N) is 1. The molecule has 1 atom stereocenters. The molecule has 6 heteroatoms. The van der Waals surface area contributed by atoms with Gasteiger partial charge >= 0.3 is 6.09 Å². The van der Waals surface area contributed by atoms with Crippen LogP contribution >= 0.6 is 0 Å². The molecule has 2 rings (SSSR count). The Labute approximate surface area is 131 Å². The highest BCUT2D eigenvalue weighted by Crippen LogP contribution is 2.08. The topological polar surface area (TPSA) is 76.8 Å². The van der Waals surface area contributed by atoms with Crippen LogP contribution in [-0.2, 0) is 16.1 Å². The van der Waals surface area contributed by atoms with Crippen LogP contribution in [0.4, 0.5) is 4.79 Å². The van der Waals surface area contributed by atoms with Crippen molar-refractivity contribution in [3.8, 4) is 0 Å². The summed E-state index contributed by atoms with van der Waals surface area (Å²) in [5.74, 6) is 0. The standard InChI is InChI=1S/C16H25N3O3/c17-7-4-8-18-11-15-12-19(9-10-21-15)16(20)22-13-14-5-2-1-3-6-14/h1-3,5-6,15,18H,4,7-13,17H2. The quantitative estimate of drug-likeness (QED) is 0.734. The first-order valence-electron chi connectivity index (χ1n) is 7.77. The van der Waals surface area contributed by atoms with E-state index in [0.717, 1.165) is 25.1 Å². The van der Waals surface area contributed by atoms with E-state index in [1.54, 1.807) is 4.90 Å². The molecule has 1 fully saturated rings. The van der Waals surface area contributed by atoms with Gasteiger partial charge in [-0.2, -0.15) is 0 Å². The molecule has 1 heterocycles. The van der Waals surface area contributed by atoms with Crippen LogP contribution < -0.4 is 11.1 Å². The number of ether oxygens (including phenoxy) is 2. The largest absolute Gasteiger partial charge is 0.445 e. The molecule has 1 saturated heterocycles. The molecule has 122 valence electrons. The number of carbonyl (C=O) groups excluding carboxylic acids is 1. The van der Waals surface area contributed by atoms with Crippen LogP contribution in [0.5, 0.6) is 0 Å². The van der Waals surface area contributed by atoms with E-state index in [1.165, 1.54) is 0 Å².